The zero-order valence-corrected chi connectivity index (χ0v) is 25.2. The van der Waals surface area contributed by atoms with Crippen LogP contribution in [0.1, 0.15) is 68.2 Å². The number of benzene rings is 2. The molecule has 0 aliphatic carbocycles. The molecule has 9 heteroatoms. The first-order valence-electron chi connectivity index (χ1n) is 13.9. The van der Waals surface area contributed by atoms with Crippen molar-refractivity contribution in [2.45, 2.75) is 53.1 Å². The molecule has 42 heavy (non-hydrogen) atoms. The van der Waals surface area contributed by atoms with Gasteiger partial charge in [-0.2, -0.15) is 0 Å². The first-order chi connectivity index (χ1) is 20.0. The second-order valence-electron chi connectivity index (χ2n) is 10.9. The molecule has 1 aliphatic rings. The number of aryl methyl sites for hydroxylation is 4. The van der Waals surface area contributed by atoms with Gasteiger partial charge in [0, 0.05) is 41.9 Å². The van der Waals surface area contributed by atoms with E-state index in [-0.39, 0.29) is 30.0 Å². The Hall–Kier alpha value is -4.50. The highest BCUT2D eigenvalue weighted by molar-refractivity contribution is 7.80. The fourth-order valence-corrected chi connectivity index (χ4v) is 6.06. The zero-order chi connectivity index (χ0) is 30.1. The Morgan fingerprint density at radius 1 is 1.00 bits per heavy atom. The molecule has 2 aromatic heterocycles. The summed E-state index contributed by atoms with van der Waals surface area (Å²) in [7, 11) is 0. The van der Waals surface area contributed by atoms with E-state index in [0.29, 0.717) is 11.7 Å². The predicted octanol–water partition coefficient (Wildman–Crippen LogP) is 6.11. The molecule has 1 fully saturated rings. The number of hydrogen-bond donors (Lipinski definition) is 3. The molecule has 216 valence electrons. The van der Waals surface area contributed by atoms with Crippen LogP contribution in [0.2, 0.25) is 0 Å². The summed E-state index contributed by atoms with van der Waals surface area (Å²) >= 11 is 5.84. The Labute approximate surface area is 251 Å². The summed E-state index contributed by atoms with van der Waals surface area (Å²) in [4.78, 5) is 31.6. The number of carboxylic acids is 1. The standard InChI is InChI=1S/C33H35N5O3S/c1-19-9-10-20(2)27(16-19)35-29(39)13-15-37-31(30(36-33(37)42)26-8-6-7-14-34-26)25-17-22(4)38(23(25)5)28-18-24(32(40)41)12-11-21(28)3/h6-12,14,16-18,30-31H,13,15H2,1-5H3,(H,35,39)(H,36,42)(H,40,41)/t30-,31+/m1/s1. The van der Waals surface area contributed by atoms with Crippen LogP contribution in [0.3, 0.4) is 0 Å². The lowest BCUT2D eigenvalue weighted by Gasteiger charge is -2.28. The Morgan fingerprint density at radius 3 is 2.48 bits per heavy atom. The molecule has 0 bridgehead atoms. The monoisotopic (exact) mass is 581 g/mol. The minimum absolute atomic E-state index is 0.0851. The molecule has 1 aliphatic heterocycles. The van der Waals surface area contributed by atoms with Gasteiger partial charge in [0.25, 0.3) is 0 Å². The smallest absolute Gasteiger partial charge is 0.335 e. The maximum absolute atomic E-state index is 13.1. The number of nitrogens with one attached hydrogen (secondary N) is 2. The summed E-state index contributed by atoms with van der Waals surface area (Å²) in [6.45, 7) is 10.4. The van der Waals surface area contributed by atoms with Crippen LogP contribution in [0.5, 0.6) is 0 Å². The van der Waals surface area contributed by atoms with Crippen molar-refractivity contribution < 1.29 is 14.7 Å². The molecule has 2 aromatic carbocycles. The molecule has 0 radical (unpaired) electrons. The minimum atomic E-state index is -0.968. The van der Waals surface area contributed by atoms with Crippen molar-refractivity contribution in [2.75, 3.05) is 11.9 Å². The third-order valence-electron chi connectivity index (χ3n) is 7.93. The number of carbonyl (C=O) groups excluding carboxylic acids is 1. The highest BCUT2D eigenvalue weighted by atomic mass is 32.1. The van der Waals surface area contributed by atoms with Crippen LogP contribution in [0.15, 0.2) is 66.9 Å². The number of pyridine rings is 1. The van der Waals surface area contributed by atoms with Crippen LogP contribution in [-0.4, -0.2) is 43.1 Å². The van der Waals surface area contributed by atoms with Gasteiger partial charge in [-0.05, 0) is 105 Å². The first-order valence-corrected chi connectivity index (χ1v) is 14.3. The van der Waals surface area contributed by atoms with Gasteiger partial charge in [0.2, 0.25) is 5.91 Å². The third kappa shape index (κ3) is 5.65. The molecule has 3 N–H and O–H groups in total. The normalized spacial score (nSPS) is 16.4. The van der Waals surface area contributed by atoms with Gasteiger partial charge >= 0.3 is 5.97 Å². The summed E-state index contributed by atoms with van der Waals surface area (Å²) in [6, 6.07) is 18.6. The Kier molecular flexibility index (Phi) is 8.13. The van der Waals surface area contributed by atoms with E-state index in [1.807, 2.05) is 77.1 Å². The summed E-state index contributed by atoms with van der Waals surface area (Å²) in [6.07, 6.45) is 2.01. The van der Waals surface area contributed by atoms with E-state index in [1.54, 1.807) is 18.3 Å². The lowest BCUT2D eigenvalue weighted by molar-refractivity contribution is -0.116. The molecule has 1 saturated heterocycles. The number of carbonyl (C=O) groups is 2. The molecule has 8 nitrogen and oxygen atoms in total. The predicted molar refractivity (Wildman–Crippen MR) is 168 cm³/mol. The van der Waals surface area contributed by atoms with Crippen LogP contribution < -0.4 is 10.6 Å². The van der Waals surface area contributed by atoms with Crippen molar-refractivity contribution in [1.82, 2.24) is 19.8 Å². The second kappa shape index (κ2) is 11.8. The maximum Gasteiger partial charge on any atom is 0.335 e. The van der Waals surface area contributed by atoms with E-state index in [4.69, 9.17) is 12.2 Å². The van der Waals surface area contributed by atoms with E-state index < -0.39 is 5.97 Å². The topological polar surface area (TPSA) is 99.5 Å². The number of aromatic carboxylic acids is 1. The highest BCUT2D eigenvalue weighted by Crippen LogP contribution is 2.41. The zero-order valence-electron chi connectivity index (χ0n) is 24.4. The molecule has 2 atom stereocenters. The van der Waals surface area contributed by atoms with Crippen molar-refractivity contribution in [3.63, 3.8) is 0 Å². The minimum Gasteiger partial charge on any atom is -0.478 e. The average Bonchev–Trinajstić information content (AvgIpc) is 3.44. The molecule has 4 aromatic rings. The second-order valence-corrected chi connectivity index (χ2v) is 11.3. The average molecular weight is 582 g/mol. The van der Waals surface area contributed by atoms with E-state index in [0.717, 1.165) is 50.7 Å². The maximum atomic E-state index is 13.1. The van der Waals surface area contributed by atoms with Gasteiger partial charge < -0.3 is 25.2 Å². The SMILES string of the molecule is Cc1ccc(C)c(NC(=O)CCN2C(=S)N[C@H](c3ccccn3)[C@@H]2c2cc(C)n(-c3cc(C(=O)O)ccc3C)c2C)c1. The lowest BCUT2D eigenvalue weighted by atomic mass is 9.96. The van der Waals surface area contributed by atoms with E-state index in [2.05, 4.69) is 31.2 Å². The summed E-state index contributed by atoms with van der Waals surface area (Å²) in [5, 5.41) is 16.7. The van der Waals surface area contributed by atoms with Crippen LogP contribution in [0.4, 0.5) is 5.69 Å². The van der Waals surface area contributed by atoms with Crippen LogP contribution in [-0.2, 0) is 4.79 Å². The van der Waals surface area contributed by atoms with Gasteiger partial charge in [0.15, 0.2) is 5.11 Å². The first kappa shape index (κ1) is 29.0. The highest BCUT2D eigenvalue weighted by Gasteiger charge is 2.41. The van der Waals surface area contributed by atoms with Gasteiger partial charge in [-0.15, -0.1) is 0 Å². The fraction of sp³-hybridized carbons (Fsp3) is 0.273. The molecule has 0 spiro atoms. The molecule has 3 heterocycles. The molecular formula is C33H35N5O3S. The Balaban J connectivity index is 1.51. The summed E-state index contributed by atoms with van der Waals surface area (Å²) < 4.78 is 2.10. The number of carboxylic acid groups (broad SMARTS) is 1. The summed E-state index contributed by atoms with van der Waals surface area (Å²) in [5.41, 5.74) is 8.75. The van der Waals surface area contributed by atoms with Gasteiger partial charge in [-0.1, -0.05) is 24.3 Å². The van der Waals surface area contributed by atoms with Crippen molar-refractivity contribution >= 4 is 34.9 Å². The molecule has 0 unspecified atom stereocenters. The van der Waals surface area contributed by atoms with Gasteiger partial charge in [0.1, 0.15) is 0 Å². The Bertz CT molecular complexity index is 1680. The fourth-order valence-electron chi connectivity index (χ4n) is 5.73. The number of anilines is 1. The van der Waals surface area contributed by atoms with Crippen LogP contribution in [0.25, 0.3) is 5.69 Å². The molecule has 5 rings (SSSR count). The molecule has 1 amide bonds. The van der Waals surface area contributed by atoms with Crippen LogP contribution >= 0.6 is 12.2 Å². The van der Waals surface area contributed by atoms with Gasteiger partial charge in [-0.3, -0.25) is 9.78 Å². The lowest BCUT2D eigenvalue weighted by Crippen LogP contribution is -2.33. The van der Waals surface area contributed by atoms with Crippen LogP contribution in [0, 0.1) is 34.6 Å². The van der Waals surface area contributed by atoms with Crippen molar-refractivity contribution in [3.05, 3.63) is 112 Å². The van der Waals surface area contributed by atoms with E-state index in [1.165, 1.54) is 0 Å². The van der Waals surface area contributed by atoms with Crippen molar-refractivity contribution in [2.24, 2.45) is 0 Å². The van der Waals surface area contributed by atoms with E-state index in [9.17, 15) is 14.7 Å². The number of rotatable bonds is 8. The summed E-state index contributed by atoms with van der Waals surface area (Å²) in [5.74, 6) is -1.05. The largest absolute Gasteiger partial charge is 0.478 e. The molecule has 0 saturated carbocycles. The van der Waals surface area contributed by atoms with E-state index >= 15 is 0 Å². The number of hydrogen-bond acceptors (Lipinski definition) is 4. The number of thiocarbonyl (C=S) groups is 1. The third-order valence-corrected chi connectivity index (χ3v) is 8.28. The number of aromatic nitrogens is 2. The van der Waals surface area contributed by atoms with Gasteiger partial charge in [-0.25, -0.2) is 4.79 Å². The van der Waals surface area contributed by atoms with Crippen molar-refractivity contribution in [1.29, 1.82) is 0 Å². The number of nitrogens with zero attached hydrogens (tertiary/aromatic N) is 3. The quantitative estimate of drug-likeness (QED) is 0.216. The molecular weight excluding hydrogens is 546 g/mol. The number of amides is 1. The van der Waals surface area contributed by atoms with Crippen molar-refractivity contribution in [3.8, 4) is 5.69 Å². The Morgan fingerprint density at radius 2 is 1.76 bits per heavy atom. The van der Waals surface area contributed by atoms with Gasteiger partial charge in [0.05, 0.1) is 23.3 Å².